The van der Waals surface area contributed by atoms with Crippen molar-refractivity contribution in [3.8, 4) is 0 Å². The van der Waals surface area contributed by atoms with E-state index in [4.69, 9.17) is 0 Å². The van der Waals surface area contributed by atoms with Crippen molar-refractivity contribution in [2.24, 2.45) is 7.05 Å². The quantitative estimate of drug-likeness (QED) is 0.861. The summed E-state index contributed by atoms with van der Waals surface area (Å²) >= 11 is 0. The van der Waals surface area contributed by atoms with Gasteiger partial charge in [-0.05, 0) is 30.5 Å². The molecule has 0 saturated heterocycles. The number of aromatic carboxylic acids is 1. The second-order valence-electron chi connectivity index (χ2n) is 5.08. The summed E-state index contributed by atoms with van der Waals surface area (Å²) < 4.78 is 1.57. The van der Waals surface area contributed by atoms with Crippen LogP contribution in [0.25, 0.3) is 10.9 Å². The first-order valence-electron chi connectivity index (χ1n) is 6.21. The zero-order valence-corrected chi connectivity index (χ0v) is 11.5. The first-order valence-corrected chi connectivity index (χ1v) is 6.21. The van der Waals surface area contributed by atoms with E-state index in [0.717, 1.165) is 16.5 Å². The monoisotopic (exact) mass is 259 g/mol. The molecule has 1 aromatic heterocycles. The maximum atomic E-state index is 11.8. The Kier molecular flexibility index (Phi) is 3.18. The van der Waals surface area contributed by atoms with Crippen LogP contribution in [-0.2, 0) is 7.05 Å². The molecular formula is C15H17NO3. The van der Waals surface area contributed by atoms with Crippen molar-refractivity contribution in [1.82, 2.24) is 4.57 Å². The maximum Gasteiger partial charge on any atom is 0.353 e. The number of ketones is 1. The number of benzene rings is 1. The number of rotatable bonds is 3. The van der Waals surface area contributed by atoms with Crippen LogP contribution in [0.4, 0.5) is 0 Å². The summed E-state index contributed by atoms with van der Waals surface area (Å²) in [6.45, 7) is 5.54. The van der Waals surface area contributed by atoms with Gasteiger partial charge in [-0.3, -0.25) is 4.79 Å². The highest BCUT2D eigenvalue weighted by Crippen LogP contribution is 2.29. The van der Waals surface area contributed by atoms with E-state index in [1.807, 2.05) is 18.2 Å². The van der Waals surface area contributed by atoms with Gasteiger partial charge in [-0.25, -0.2) is 4.79 Å². The second-order valence-corrected chi connectivity index (χ2v) is 5.08. The van der Waals surface area contributed by atoms with Crippen LogP contribution < -0.4 is 0 Å². The molecule has 0 aliphatic carbocycles. The SMILES string of the molecule is CC(=O)c1c(C(=O)O)n(C)c2ccc(C(C)C)cc12. The van der Waals surface area contributed by atoms with Crippen molar-refractivity contribution in [2.75, 3.05) is 0 Å². The molecule has 0 saturated carbocycles. The highest BCUT2D eigenvalue weighted by Gasteiger charge is 2.23. The predicted octanol–water partition coefficient (Wildman–Crippen LogP) is 3.20. The summed E-state index contributed by atoms with van der Waals surface area (Å²) in [5.41, 5.74) is 2.22. The molecule has 0 amide bonds. The Balaban J connectivity index is 2.90. The number of carbonyl (C=O) groups excluding carboxylic acids is 1. The zero-order chi connectivity index (χ0) is 14.3. The Morgan fingerprint density at radius 1 is 1.26 bits per heavy atom. The number of fused-ring (bicyclic) bond motifs is 1. The smallest absolute Gasteiger partial charge is 0.353 e. The summed E-state index contributed by atoms with van der Waals surface area (Å²) in [6.07, 6.45) is 0. The molecule has 0 bridgehead atoms. The van der Waals surface area contributed by atoms with Gasteiger partial charge in [0.05, 0.1) is 5.56 Å². The van der Waals surface area contributed by atoms with Crippen molar-refractivity contribution in [2.45, 2.75) is 26.7 Å². The zero-order valence-electron chi connectivity index (χ0n) is 11.5. The lowest BCUT2D eigenvalue weighted by Gasteiger charge is -2.05. The summed E-state index contributed by atoms with van der Waals surface area (Å²) in [5.74, 6) is -0.961. The van der Waals surface area contributed by atoms with Crippen molar-refractivity contribution < 1.29 is 14.7 Å². The molecule has 0 spiro atoms. The van der Waals surface area contributed by atoms with E-state index < -0.39 is 5.97 Å². The van der Waals surface area contributed by atoms with Crippen molar-refractivity contribution in [3.63, 3.8) is 0 Å². The van der Waals surface area contributed by atoms with Crippen molar-refractivity contribution >= 4 is 22.7 Å². The van der Waals surface area contributed by atoms with E-state index in [2.05, 4.69) is 13.8 Å². The van der Waals surface area contributed by atoms with Crippen molar-refractivity contribution in [1.29, 1.82) is 0 Å². The standard InChI is InChI=1S/C15H17NO3/c1-8(2)10-5-6-12-11(7-10)13(9(3)17)14(15(18)19)16(12)4/h5-8H,1-4H3,(H,18,19). The Labute approximate surface area is 111 Å². The van der Waals surface area contributed by atoms with Crippen LogP contribution in [0, 0.1) is 0 Å². The van der Waals surface area contributed by atoms with E-state index in [1.54, 1.807) is 11.6 Å². The van der Waals surface area contributed by atoms with Crippen molar-refractivity contribution in [3.05, 3.63) is 35.0 Å². The van der Waals surface area contributed by atoms with Gasteiger partial charge < -0.3 is 9.67 Å². The van der Waals surface area contributed by atoms with E-state index >= 15 is 0 Å². The molecular weight excluding hydrogens is 242 g/mol. The van der Waals surface area contributed by atoms with Crippen LogP contribution >= 0.6 is 0 Å². The summed E-state index contributed by atoms with van der Waals surface area (Å²) in [7, 11) is 1.67. The fourth-order valence-corrected chi connectivity index (χ4v) is 2.43. The van der Waals surface area contributed by atoms with Crippen LogP contribution in [0.1, 0.15) is 53.1 Å². The maximum absolute atomic E-state index is 11.8. The minimum Gasteiger partial charge on any atom is -0.477 e. The van der Waals surface area contributed by atoms with Gasteiger partial charge in [0, 0.05) is 18.0 Å². The Morgan fingerprint density at radius 2 is 1.89 bits per heavy atom. The van der Waals surface area contributed by atoms with Gasteiger partial charge in [0.15, 0.2) is 5.78 Å². The lowest BCUT2D eigenvalue weighted by atomic mass is 9.99. The molecule has 1 heterocycles. The molecule has 0 fully saturated rings. The lowest BCUT2D eigenvalue weighted by Crippen LogP contribution is -2.09. The van der Waals surface area contributed by atoms with Crippen LogP contribution in [0.15, 0.2) is 18.2 Å². The Bertz CT molecular complexity index is 680. The molecule has 4 heteroatoms. The Morgan fingerprint density at radius 3 is 2.37 bits per heavy atom. The second kappa shape index (κ2) is 4.53. The summed E-state index contributed by atoms with van der Waals surface area (Å²) in [5, 5.41) is 10.0. The molecule has 4 nitrogen and oxygen atoms in total. The third kappa shape index (κ3) is 2.03. The summed E-state index contributed by atoms with van der Waals surface area (Å²) in [6, 6.07) is 5.77. The number of carboxylic acid groups (broad SMARTS) is 1. The highest BCUT2D eigenvalue weighted by atomic mass is 16.4. The molecule has 1 N–H and O–H groups in total. The number of hydrogen-bond donors (Lipinski definition) is 1. The van der Waals surface area contributed by atoms with Gasteiger partial charge in [-0.15, -0.1) is 0 Å². The van der Waals surface area contributed by atoms with E-state index in [1.165, 1.54) is 6.92 Å². The van der Waals surface area contributed by atoms with Crippen LogP contribution in [-0.4, -0.2) is 21.4 Å². The molecule has 19 heavy (non-hydrogen) atoms. The predicted molar refractivity (Wildman–Crippen MR) is 74.0 cm³/mol. The van der Waals surface area contributed by atoms with Gasteiger partial charge in [-0.1, -0.05) is 19.9 Å². The molecule has 2 aromatic rings. The van der Waals surface area contributed by atoms with Crippen LogP contribution in [0.3, 0.4) is 0 Å². The topological polar surface area (TPSA) is 59.3 Å². The number of nitrogens with zero attached hydrogens (tertiary/aromatic N) is 1. The molecule has 0 aliphatic rings. The van der Waals surface area contributed by atoms with Gasteiger partial charge in [0.2, 0.25) is 0 Å². The van der Waals surface area contributed by atoms with Gasteiger partial charge in [0.25, 0.3) is 0 Å². The molecule has 0 atom stereocenters. The number of aromatic nitrogens is 1. The molecule has 1 aromatic carbocycles. The number of Topliss-reactive ketones (excluding diaryl/α,β-unsaturated/α-hetero) is 1. The first-order chi connectivity index (χ1) is 8.84. The molecule has 0 unspecified atom stereocenters. The largest absolute Gasteiger partial charge is 0.477 e. The number of carbonyl (C=O) groups is 2. The minimum absolute atomic E-state index is 0.0587. The summed E-state index contributed by atoms with van der Waals surface area (Å²) in [4.78, 5) is 23.2. The molecule has 100 valence electrons. The van der Waals surface area contributed by atoms with Gasteiger partial charge in [0.1, 0.15) is 5.69 Å². The number of carboxylic acids is 1. The Hall–Kier alpha value is -2.10. The van der Waals surface area contributed by atoms with Crippen LogP contribution in [0.5, 0.6) is 0 Å². The first kappa shape index (κ1) is 13.3. The number of aryl methyl sites for hydroxylation is 1. The average molecular weight is 259 g/mol. The molecule has 0 aliphatic heterocycles. The molecule has 0 radical (unpaired) electrons. The van der Waals surface area contributed by atoms with E-state index in [9.17, 15) is 14.7 Å². The van der Waals surface area contributed by atoms with Crippen LogP contribution in [0.2, 0.25) is 0 Å². The third-order valence-corrected chi connectivity index (χ3v) is 3.44. The van der Waals surface area contributed by atoms with E-state index in [-0.39, 0.29) is 11.5 Å². The minimum atomic E-state index is -1.07. The van der Waals surface area contributed by atoms with E-state index in [0.29, 0.717) is 11.5 Å². The normalized spacial score (nSPS) is 11.2. The molecule has 2 rings (SSSR count). The van der Waals surface area contributed by atoms with Gasteiger partial charge in [-0.2, -0.15) is 0 Å². The fourth-order valence-electron chi connectivity index (χ4n) is 2.43. The average Bonchev–Trinajstić information content (AvgIpc) is 2.62. The lowest BCUT2D eigenvalue weighted by molar-refractivity contribution is 0.0682. The third-order valence-electron chi connectivity index (χ3n) is 3.44. The number of hydrogen-bond acceptors (Lipinski definition) is 2. The fraction of sp³-hybridized carbons (Fsp3) is 0.333. The van der Waals surface area contributed by atoms with Gasteiger partial charge >= 0.3 is 5.97 Å². The highest BCUT2D eigenvalue weighted by molar-refractivity contribution is 6.14.